The fourth-order valence-corrected chi connectivity index (χ4v) is 8.88. The summed E-state index contributed by atoms with van der Waals surface area (Å²) in [5.41, 5.74) is 0. The predicted molar refractivity (Wildman–Crippen MR) is 153 cm³/mol. The molecule has 0 unspecified atom stereocenters. The molecule has 0 aromatic rings. The number of hydrogen-bond donors (Lipinski definition) is 2. The van der Waals surface area contributed by atoms with Crippen LogP contribution in [0.3, 0.4) is 0 Å². The van der Waals surface area contributed by atoms with Gasteiger partial charge in [0.25, 0.3) is 0 Å². The summed E-state index contributed by atoms with van der Waals surface area (Å²) in [4.78, 5) is 14.3. The van der Waals surface area contributed by atoms with Gasteiger partial charge in [0, 0.05) is 0 Å². The Morgan fingerprint density at radius 2 is 0.613 bits per heavy atom. The van der Waals surface area contributed by atoms with Crippen LogP contribution in [0, 0.1) is 0 Å². The highest BCUT2D eigenvalue weighted by Crippen LogP contribution is 2.39. The zero-order chi connectivity index (χ0) is 23.5. The average Bonchev–Trinajstić information content (AvgIpc) is 2.72. The second-order valence-corrected chi connectivity index (χ2v) is 14.0. The highest BCUT2D eigenvalue weighted by atomic mass is 35.5. The lowest BCUT2D eigenvalue weighted by Gasteiger charge is -2.16. The van der Waals surface area contributed by atoms with E-state index in [0.717, 1.165) is 0 Å². The maximum atomic E-state index is 8.74. The predicted octanol–water partition coefficient (Wildman–Crippen LogP) is 9.52. The molecule has 0 aromatic carbocycles. The second-order valence-electron chi connectivity index (χ2n) is 8.09. The van der Waals surface area contributed by atoms with Crippen molar-refractivity contribution < 1.29 is 14.4 Å². The molecule has 3 nitrogen and oxygen atoms in total. The third-order valence-electron chi connectivity index (χ3n) is 4.97. The van der Waals surface area contributed by atoms with E-state index in [1.54, 1.807) is 37.0 Å². The molecule has 0 amide bonds. The maximum absolute atomic E-state index is 8.74. The Hall–Kier alpha value is 1.30. The summed E-state index contributed by atoms with van der Waals surface area (Å²) in [7, 11) is -2.29. The van der Waals surface area contributed by atoms with Crippen LogP contribution < -0.4 is 0 Å². The topological polar surface area (TPSA) is 57.5 Å². The summed E-state index contributed by atoms with van der Waals surface area (Å²) in [5.74, 6) is 0. The zero-order valence-electron chi connectivity index (χ0n) is 21.8. The van der Waals surface area contributed by atoms with Gasteiger partial charge in [-0.3, -0.25) is 4.57 Å². The molecule has 0 aliphatic carbocycles. The van der Waals surface area contributed by atoms with Crippen LogP contribution in [-0.2, 0) is 4.57 Å². The van der Waals surface area contributed by atoms with Crippen molar-refractivity contribution in [3.05, 3.63) is 0 Å². The Labute approximate surface area is 206 Å². The first-order chi connectivity index (χ1) is 14.4. The summed E-state index contributed by atoms with van der Waals surface area (Å²) in [6.07, 6.45) is 26.4. The minimum Gasteiger partial charge on any atom is -0.326 e. The Balaban J connectivity index is -0.000000195. The van der Waals surface area contributed by atoms with Crippen molar-refractivity contribution in [2.45, 2.75) is 119 Å². The molecule has 0 bridgehead atoms. The molecule has 0 aliphatic heterocycles. The van der Waals surface area contributed by atoms with Gasteiger partial charge in [0.15, 0.2) is 0 Å². The fourth-order valence-electron chi connectivity index (χ4n) is 2.96. The first-order valence-electron chi connectivity index (χ1n) is 12.8. The molecule has 0 saturated heterocycles. The fraction of sp³-hybridized carbons (Fsp3) is 1.00. The van der Waals surface area contributed by atoms with E-state index >= 15 is 0 Å². The van der Waals surface area contributed by atoms with Gasteiger partial charge < -0.3 is 9.79 Å². The van der Waals surface area contributed by atoms with Gasteiger partial charge >= 0.3 is 8.25 Å². The normalized spacial score (nSPS) is 10.4. The monoisotopic (exact) mass is 522 g/mol. The maximum Gasteiger partial charge on any atom is 0.314 e. The molecule has 0 spiro atoms. The first kappa shape index (κ1) is 39.5. The summed E-state index contributed by atoms with van der Waals surface area (Å²) in [6, 6.07) is 0. The second kappa shape index (κ2) is 35.9. The largest absolute Gasteiger partial charge is 0.326 e. The number of unbranched alkanes of at least 4 members (excludes halogenated alkanes) is 6. The van der Waals surface area contributed by atoms with Crippen LogP contribution in [0.2, 0.25) is 0 Å². The molecule has 0 aromatic heterocycles. The van der Waals surface area contributed by atoms with Crippen LogP contribution in [0.5, 0.6) is 0 Å². The van der Waals surface area contributed by atoms with Crippen LogP contribution in [0.15, 0.2) is 0 Å². The smallest absolute Gasteiger partial charge is 0.314 e. The summed E-state index contributed by atoms with van der Waals surface area (Å²) >= 11 is 0. The molecule has 2 N–H and O–H groups in total. The molecule has 0 aliphatic rings. The lowest BCUT2D eigenvalue weighted by molar-refractivity contribution is 0.405. The van der Waals surface area contributed by atoms with Crippen LogP contribution in [0.4, 0.5) is 0 Å². The number of hydrogen-bond acceptors (Lipinski definition) is 1. The van der Waals surface area contributed by atoms with Gasteiger partial charge in [0.2, 0.25) is 0 Å². The lowest BCUT2D eigenvalue weighted by Crippen LogP contribution is -1.95. The summed E-state index contributed by atoms with van der Waals surface area (Å²) in [6.45, 7) is 13.9. The van der Waals surface area contributed by atoms with Gasteiger partial charge in [-0.05, 0) is 75.5 Å². The number of halogens is 1. The zero-order valence-corrected chi connectivity index (χ0v) is 25.4. The third kappa shape index (κ3) is 42.0. The van der Waals surface area contributed by atoms with Crippen LogP contribution >= 0.6 is 36.5 Å². The van der Waals surface area contributed by atoms with Crippen molar-refractivity contribution in [1.82, 2.24) is 0 Å². The van der Waals surface area contributed by atoms with Crippen molar-refractivity contribution in [3.8, 4) is 0 Å². The Kier molecular flexibility index (Phi) is 45.7. The van der Waals surface area contributed by atoms with Crippen LogP contribution in [0.1, 0.15) is 119 Å². The minimum absolute atomic E-state index is 0. The Morgan fingerprint density at radius 1 is 0.484 bits per heavy atom. The van der Waals surface area contributed by atoms with Gasteiger partial charge in [0.1, 0.15) is 0 Å². The standard InChI is InChI=1S/2C12H27P.ClH.H3O3P/c2*1-4-7-10-13(11-8-5-2)12-9-6-3;;1-4(2)3/h2*4-12H2,1-3H3;1H;4H,(H2,1,2,3). The summed E-state index contributed by atoms with van der Waals surface area (Å²) in [5, 5.41) is 0. The SMILES string of the molecule is CCCCP(CCCC)CCCC.CCCCP(CCCC)CCCC.Cl.O=[PH](O)O. The van der Waals surface area contributed by atoms with E-state index in [1.807, 2.05) is 0 Å². The quantitative estimate of drug-likeness (QED) is 0.176. The van der Waals surface area contributed by atoms with Gasteiger partial charge in [0.05, 0.1) is 0 Å². The van der Waals surface area contributed by atoms with Crippen LogP contribution in [0.25, 0.3) is 0 Å². The van der Waals surface area contributed by atoms with E-state index in [0.29, 0.717) is 15.8 Å². The first-order valence-corrected chi connectivity index (χ1v) is 17.9. The van der Waals surface area contributed by atoms with Gasteiger partial charge in [-0.1, -0.05) is 80.1 Å². The van der Waals surface area contributed by atoms with Crippen molar-refractivity contribution >= 4 is 36.5 Å². The van der Waals surface area contributed by atoms with E-state index in [9.17, 15) is 0 Å². The molecular weight excluding hydrogens is 465 g/mol. The van der Waals surface area contributed by atoms with Gasteiger partial charge in [-0.2, -0.15) is 0 Å². The summed E-state index contributed by atoms with van der Waals surface area (Å²) < 4.78 is 8.74. The molecule has 0 atom stereocenters. The lowest BCUT2D eigenvalue weighted by atomic mass is 10.4. The average molecular weight is 523 g/mol. The van der Waals surface area contributed by atoms with Gasteiger partial charge in [-0.25, -0.2) is 0 Å². The molecule has 0 rings (SSSR count). The van der Waals surface area contributed by atoms with E-state index < -0.39 is 8.25 Å². The molecule has 0 heterocycles. The van der Waals surface area contributed by atoms with Crippen molar-refractivity contribution in [2.75, 3.05) is 37.0 Å². The Morgan fingerprint density at radius 3 is 0.710 bits per heavy atom. The molecule has 31 heavy (non-hydrogen) atoms. The molecule has 0 saturated carbocycles. The number of rotatable bonds is 18. The molecule has 7 heteroatoms. The van der Waals surface area contributed by atoms with E-state index in [1.165, 1.54) is 77.0 Å². The van der Waals surface area contributed by atoms with E-state index in [4.69, 9.17) is 14.4 Å². The molecular formula is C24H58ClO3P3. The molecule has 194 valence electrons. The highest BCUT2D eigenvalue weighted by molar-refractivity contribution is 7.57. The van der Waals surface area contributed by atoms with Crippen molar-refractivity contribution in [3.63, 3.8) is 0 Å². The molecule has 0 radical (unpaired) electrons. The van der Waals surface area contributed by atoms with E-state index in [2.05, 4.69) is 41.5 Å². The van der Waals surface area contributed by atoms with Crippen LogP contribution in [-0.4, -0.2) is 46.8 Å². The van der Waals surface area contributed by atoms with E-state index in [-0.39, 0.29) is 12.4 Å². The van der Waals surface area contributed by atoms with Gasteiger partial charge in [-0.15, -0.1) is 28.3 Å². The van der Waals surface area contributed by atoms with Crippen molar-refractivity contribution in [1.29, 1.82) is 0 Å². The highest BCUT2D eigenvalue weighted by Gasteiger charge is 2.06. The third-order valence-corrected chi connectivity index (χ3v) is 10.7. The minimum atomic E-state index is -3.13. The molecule has 0 fully saturated rings. The Bertz CT molecular complexity index is 258. The van der Waals surface area contributed by atoms with Crippen molar-refractivity contribution in [2.24, 2.45) is 0 Å².